The molecule has 0 unspecified atom stereocenters. The normalized spacial score (nSPS) is 11.3. The van der Waals surface area contributed by atoms with Gasteiger partial charge < -0.3 is 52.5 Å². The lowest BCUT2D eigenvalue weighted by atomic mass is 10.2. The highest BCUT2D eigenvalue weighted by Gasteiger charge is 1.93. The Morgan fingerprint density at radius 2 is 0.826 bits per heavy atom. The zero-order valence-corrected chi connectivity index (χ0v) is 42.2. The SMILES string of the molecule is CC(=O)/C=C/C(=O)[O-].CC/C=C\C/C=C\C/C=C\C/C=C\C/C=C\CCCC(=O)O.CC/C=C\C/C=C\C/C=C\C/C=C\C/C=C\CCCC(=O)O.COC(=O)/C=C/OC=O.NCCN.[NH3+]CC[NH3+]. The molecule has 0 fully saturated rings. The summed E-state index contributed by atoms with van der Waals surface area (Å²) < 4.78 is 8.22. The van der Waals surface area contributed by atoms with Gasteiger partial charge >= 0.3 is 17.9 Å². The topological polar surface area (TPSA) is 292 Å². The number of carboxylic acid groups (broad SMARTS) is 3. The van der Waals surface area contributed by atoms with Crippen LogP contribution in [-0.4, -0.2) is 79.6 Å². The van der Waals surface area contributed by atoms with Gasteiger partial charge in [0, 0.05) is 25.9 Å². The number of rotatable bonds is 33. The van der Waals surface area contributed by atoms with E-state index in [4.69, 9.17) is 21.7 Å². The first kappa shape index (κ1) is 74.3. The number of methoxy groups -OCH3 is 1. The Hall–Kier alpha value is -6.26. The van der Waals surface area contributed by atoms with E-state index in [9.17, 15) is 33.9 Å². The van der Waals surface area contributed by atoms with Gasteiger partial charge in [-0.15, -0.1) is 0 Å². The summed E-state index contributed by atoms with van der Waals surface area (Å²) in [6, 6.07) is 0. The summed E-state index contributed by atoms with van der Waals surface area (Å²) >= 11 is 0. The standard InChI is InChI=1S/2C20H30O2.C5H6O4.C5H6O3.2C2H8N2/c2*1-2-3-4-5-6-7-8-9-10-11-12-13-14-15-16-17-18-19-20(21)22;1-8-5(7)2-3-9-4-6;1-4(6)2-3-5(7)8;2*3-1-2-4/h2*3-4,6-7,9-10,12-13,15-16H,2,5,8,11,14,17-19H2,1H3,(H,21,22);2-4H,1H3;2-3H,1H3,(H,7,8);2*1-4H2/p+1/b2*4-3-,7-6-,10-9-,13-12-,16-15-;2*3-2+;;. The summed E-state index contributed by atoms with van der Waals surface area (Å²) in [6.07, 6.45) is 60.4. The molecule has 69 heavy (non-hydrogen) atoms. The molecule has 0 aliphatic rings. The lowest BCUT2D eigenvalue weighted by molar-refractivity contribution is -0.453. The summed E-state index contributed by atoms with van der Waals surface area (Å²) in [5.74, 6) is -3.63. The fraction of sp³-hybridized carbons (Fsp3) is 0.444. The minimum atomic E-state index is -1.35. The van der Waals surface area contributed by atoms with Crippen LogP contribution in [0.5, 0.6) is 0 Å². The second-order valence-corrected chi connectivity index (χ2v) is 13.6. The average Bonchev–Trinajstić information content (AvgIpc) is 3.33. The summed E-state index contributed by atoms with van der Waals surface area (Å²) in [5.41, 5.74) is 16.9. The van der Waals surface area contributed by atoms with Crippen LogP contribution in [0.4, 0.5) is 0 Å². The van der Waals surface area contributed by atoms with Gasteiger partial charge in [-0.05, 0) is 109 Å². The van der Waals surface area contributed by atoms with Crippen molar-refractivity contribution in [3.8, 4) is 0 Å². The third-order valence-corrected chi connectivity index (χ3v) is 7.25. The first-order chi connectivity index (χ1) is 33.3. The van der Waals surface area contributed by atoms with Crippen molar-refractivity contribution in [1.29, 1.82) is 0 Å². The van der Waals surface area contributed by atoms with Gasteiger partial charge in [-0.25, -0.2) is 4.79 Å². The van der Waals surface area contributed by atoms with Crippen LogP contribution in [0.1, 0.15) is 124 Å². The molecule has 0 atom stereocenters. The molecule has 0 bridgehead atoms. The first-order valence-corrected chi connectivity index (χ1v) is 23.5. The minimum absolute atomic E-state index is 0.208. The van der Waals surface area contributed by atoms with Gasteiger partial charge in [0.25, 0.3) is 6.47 Å². The van der Waals surface area contributed by atoms with E-state index in [1.807, 2.05) is 0 Å². The Morgan fingerprint density at radius 3 is 1.03 bits per heavy atom. The molecule has 0 aliphatic carbocycles. The number of ether oxygens (including phenoxy) is 2. The lowest BCUT2D eigenvalue weighted by Crippen LogP contribution is -2.64. The maximum atomic E-state index is 10.3. The largest absolute Gasteiger partial charge is 0.545 e. The van der Waals surface area contributed by atoms with Crippen molar-refractivity contribution in [1.82, 2.24) is 0 Å². The van der Waals surface area contributed by atoms with E-state index in [-0.39, 0.29) is 25.1 Å². The van der Waals surface area contributed by atoms with Crippen molar-refractivity contribution in [2.24, 2.45) is 11.5 Å². The van der Waals surface area contributed by atoms with Crippen LogP contribution >= 0.6 is 0 Å². The van der Waals surface area contributed by atoms with Crippen molar-refractivity contribution < 1.29 is 65.0 Å². The molecule has 0 rings (SSSR count). The number of quaternary nitrogens is 2. The maximum absolute atomic E-state index is 10.3. The predicted octanol–water partition coefficient (Wildman–Crippen LogP) is 7.09. The third-order valence-electron chi connectivity index (χ3n) is 7.25. The van der Waals surface area contributed by atoms with Crippen molar-refractivity contribution >= 4 is 36.1 Å². The molecule has 15 nitrogen and oxygen atoms in total. The van der Waals surface area contributed by atoms with Gasteiger partial charge in [-0.1, -0.05) is 135 Å². The quantitative estimate of drug-likeness (QED) is 0.00958. The molecular formula is C54H89N4O11+. The van der Waals surface area contributed by atoms with Crippen LogP contribution in [0.15, 0.2) is 146 Å². The molecule has 0 aliphatic heterocycles. The highest BCUT2D eigenvalue weighted by atomic mass is 16.5. The fourth-order valence-electron chi connectivity index (χ4n) is 3.86. The number of ketones is 1. The Bertz CT molecular complexity index is 1470. The predicted molar refractivity (Wildman–Crippen MR) is 279 cm³/mol. The number of unbranched alkanes of at least 4 members (excludes halogenated alkanes) is 2. The van der Waals surface area contributed by atoms with E-state index in [1.165, 1.54) is 14.0 Å². The molecule has 0 radical (unpaired) electrons. The Labute approximate surface area is 414 Å². The molecule has 0 aromatic carbocycles. The van der Waals surface area contributed by atoms with Gasteiger partial charge in [0.1, 0.15) is 19.4 Å². The van der Waals surface area contributed by atoms with Gasteiger partial charge in [-0.2, -0.15) is 0 Å². The smallest absolute Gasteiger partial charge is 0.333 e. The molecule has 0 saturated heterocycles. The molecule has 390 valence electrons. The number of hydrogen-bond donors (Lipinski definition) is 6. The summed E-state index contributed by atoms with van der Waals surface area (Å²) in [5, 5.41) is 26.5. The molecule has 15 heteroatoms. The van der Waals surface area contributed by atoms with Gasteiger partial charge in [0.15, 0.2) is 5.78 Å². The molecule has 0 aromatic rings. The Kier molecular flexibility index (Phi) is 78.9. The van der Waals surface area contributed by atoms with Crippen molar-refractivity contribution in [2.75, 3.05) is 33.3 Å². The Morgan fingerprint density at radius 1 is 0.522 bits per heavy atom. The second kappa shape index (κ2) is 73.3. The number of allylic oxidation sites excluding steroid dienone is 21. The van der Waals surface area contributed by atoms with E-state index in [2.05, 4.69) is 156 Å². The monoisotopic (exact) mass is 970 g/mol. The zero-order chi connectivity index (χ0) is 53.1. The van der Waals surface area contributed by atoms with Crippen LogP contribution in [0, 0.1) is 0 Å². The van der Waals surface area contributed by atoms with Crippen LogP contribution in [0.25, 0.3) is 0 Å². The highest BCUT2D eigenvalue weighted by molar-refractivity contribution is 5.93. The lowest BCUT2D eigenvalue weighted by Gasteiger charge is -1.89. The zero-order valence-electron chi connectivity index (χ0n) is 42.2. The number of hydrogen-bond acceptors (Lipinski definition) is 11. The molecular weight excluding hydrogens is 881 g/mol. The molecule has 0 aromatic heterocycles. The number of carbonyl (C=O) groups is 6. The Balaban J connectivity index is -0.000000194. The first-order valence-electron chi connectivity index (χ1n) is 23.5. The molecule has 0 spiro atoms. The van der Waals surface area contributed by atoms with Crippen molar-refractivity contribution in [3.63, 3.8) is 0 Å². The highest BCUT2D eigenvalue weighted by Crippen LogP contribution is 2.01. The van der Waals surface area contributed by atoms with E-state index >= 15 is 0 Å². The van der Waals surface area contributed by atoms with Crippen LogP contribution in [0.2, 0.25) is 0 Å². The van der Waals surface area contributed by atoms with Gasteiger partial charge in [0.2, 0.25) is 0 Å². The third kappa shape index (κ3) is 105. The number of carbonyl (C=O) groups excluding carboxylic acids is 4. The van der Waals surface area contributed by atoms with Crippen LogP contribution in [0.3, 0.4) is 0 Å². The van der Waals surface area contributed by atoms with E-state index in [0.717, 1.165) is 121 Å². The summed E-state index contributed by atoms with van der Waals surface area (Å²) in [4.78, 5) is 59.8. The van der Waals surface area contributed by atoms with E-state index in [1.54, 1.807) is 0 Å². The van der Waals surface area contributed by atoms with Crippen molar-refractivity contribution in [3.05, 3.63) is 146 Å². The van der Waals surface area contributed by atoms with E-state index in [0.29, 0.717) is 19.2 Å². The minimum Gasteiger partial charge on any atom is -0.545 e. The fourth-order valence-corrected chi connectivity index (χ4v) is 3.86. The molecule has 0 amide bonds. The summed E-state index contributed by atoms with van der Waals surface area (Å²) in [7, 11) is 1.23. The molecule has 12 N–H and O–H groups in total. The van der Waals surface area contributed by atoms with Crippen molar-refractivity contribution in [2.45, 2.75) is 124 Å². The van der Waals surface area contributed by atoms with Gasteiger partial charge in [0.05, 0.1) is 19.2 Å². The van der Waals surface area contributed by atoms with E-state index < -0.39 is 23.9 Å². The summed E-state index contributed by atoms with van der Waals surface area (Å²) in [6.45, 7) is 8.87. The number of nitrogens with two attached hydrogens (primary N) is 2. The number of aliphatic carboxylic acids is 3. The van der Waals surface area contributed by atoms with Crippen LogP contribution < -0.4 is 28.0 Å². The number of carboxylic acids is 3. The maximum Gasteiger partial charge on any atom is 0.333 e. The molecule has 0 heterocycles. The molecule has 0 saturated carbocycles. The van der Waals surface area contributed by atoms with Gasteiger partial charge in [-0.3, -0.25) is 19.2 Å². The second-order valence-electron chi connectivity index (χ2n) is 13.6. The van der Waals surface area contributed by atoms with Crippen LogP contribution in [-0.2, 0) is 38.2 Å². The number of esters is 1. The average molecular weight is 970 g/mol.